The molecule has 0 saturated carbocycles. The Hall–Kier alpha value is -2.89. The maximum atomic E-state index is 13.4. The van der Waals surface area contributed by atoms with Crippen LogP contribution in [0.15, 0.2) is 48.5 Å². The van der Waals surface area contributed by atoms with Gasteiger partial charge in [0.1, 0.15) is 0 Å². The molecule has 0 unspecified atom stereocenters. The van der Waals surface area contributed by atoms with E-state index in [1.807, 2.05) is 38.1 Å². The smallest absolute Gasteiger partial charge is 0.224 e. The van der Waals surface area contributed by atoms with Crippen molar-refractivity contribution < 1.29 is 18.7 Å². The second-order valence-corrected chi connectivity index (χ2v) is 7.01. The molecule has 5 nitrogen and oxygen atoms in total. The first-order valence-electron chi connectivity index (χ1n) is 9.47. The summed E-state index contributed by atoms with van der Waals surface area (Å²) in [5, 5.41) is 5.70. The molecule has 0 fully saturated rings. The van der Waals surface area contributed by atoms with Crippen molar-refractivity contribution in [2.45, 2.75) is 39.7 Å². The largest absolute Gasteiger partial charge is 0.491 e. The number of para-hydroxylation sites is 1. The van der Waals surface area contributed by atoms with Gasteiger partial charge in [-0.3, -0.25) is 9.59 Å². The molecule has 0 atom stereocenters. The molecule has 2 N–H and O–H groups in total. The van der Waals surface area contributed by atoms with Crippen LogP contribution in [0.1, 0.15) is 38.7 Å². The molecule has 0 aromatic heterocycles. The second-order valence-electron chi connectivity index (χ2n) is 7.01. The first-order valence-corrected chi connectivity index (χ1v) is 9.47. The van der Waals surface area contributed by atoms with Crippen molar-refractivity contribution in [3.63, 3.8) is 0 Å². The Balaban J connectivity index is 1.70. The number of halogens is 1. The Morgan fingerprint density at radius 2 is 1.86 bits per heavy atom. The average Bonchev–Trinajstić information content (AvgIpc) is 2.64. The Kier molecular flexibility index (Phi) is 8.46. The zero-order valence-electron chi connectivity index (χ0n) is 16.3. The quantitative estimate of drug-likeness (QED) is 0.599. The van der Waals surface area contributed by atoms with Crippen LogP contribution in [-0.2, 0) is 16.1 Å². The van der Waals surface area contributed by atoms with Gasteiger partial charge in [-0.2, -0.15) is 0 Å². The van der Waals surface area contributed by atoms with Crippen LogP contribution in [0.4, 0.5) is 10.1 Å². The molecule has 150 valence electrons. The summed E-state index contributed by atoms with van der Waals surface area (Å²) in [7, 11) is 0. The Morgan fingerprint density at radius 1 is 1.07 bits per heavy atom. The fraction of sp³-hybridized carbons (Fsp3) is 0.364. The Labute approximate surface area is 165 Å². The molecular weight excluding hydrogens is 359 g/mol. The van der Waals surface area contributed by atoms with Gasteiger partial charge in [-0.1, -0.05) is 38.1 Å². The third-order valence-corrected chi connectivity index (χ3v) is 3.94. The Morgan fingerprint density at radius 3 is 2.61 bits per heavy atom. The normalized spacial score (nSPS) is 10.6. The van der Waals surface area contributed by atoms with Gasteiger partial charge in [0, 0.05) is 25.1 Å². The lowest BCUT2D eigenvalue weighted by atomic mass is 10.1. The maximum Gasteiger partial charge on any atom is 0.224 e. The first kappa shape index (κ1) is 21.4. The molecule has 2 aromatic carbocycles. The number of ether oxygens (including phenoxy) is 1. The lowest BCUT2D eigenvalue weighted by Gasteiger charge is -2.10. The number of rotatable bonds is 10. The van der Waals surface area contributed by atoms with E-state index in [0.717, 1.165) is 11.3 Å². The summed E-state index contributed by atoms with van der Waals surface area (Å²) >= 11 is 0. The van der Waals surface area contributed by atoms with Crippen LogP contribution in [0, 0.1) is 11.7 Å². The van der Waals surface area contributed by atoms with Crippen LogP contribution >= 0.6 is 0 Å². The number of carbonyl (C=O) groups is 2. The van der Waals surface area contributed by atoms with Crippen molar-refractivity contribution in [3.05, 3.63) is 59.9 Å². The molecule has 0 spiro atoms. The molecular formula is C22H27FN2O3. The highest BCUT2D eigenvalue weighted by atomic mass is 19.1. The monoisotopic (exact) mass is 386 g/mol. The summed E-state index contributed by atoms with van der Waals surface area (Å²) in [5.74, 6) is -0.0474. The fourth-order valence-corrected chi connectivity index (χ4v) is 2.61. The summed E-state index contributed by atoms with van der Waals surface area (Å²) in [6.07, 6.45) is 1.25. The van der Waals surface area contributed by atoms with E-state index in [2.05, 4.69) is 10.6 Å². The van der Waals surface area contributed by atoms with E-state index in [1.54, 1.807) is 18.2 Å². The van der Waals surface area contributed by atoms with Crippen LogP contribution in [0.3, 0.4) is 0 Å². The zero-order chi connectivity index (χ0) is 20.4. The number of benzene rings is 2. The third kappa shape index (κ3) is 7.78. The van der Waals surface area contributed by atoms with E-state index in [0.29, 0.717) is 31.7 Å². The molecule has 0 bridgehead atoms. The van der Waals surface area contributed by atoms with Crippen molar-refractivity contribution in [1.82, 2.24) is 5.32 Å². The highest BCUT2D eigenvalue weighted by molar-refractivity contribution is 5.90. The van der Waals surface area contributed by atoms with Gasteiger partial charge in [-0.15, -0.1) is 0 Å². The van der Waals surface area contributed by atoms with Crippen LogP contribution in [0.5, 0.6) is 5.75 Å². The molecule has 0 aliphatic carbocycles. The van der Waals surface area contributed by atoms with E-state index in [4.69, 9.17) is 4.74 Å². The van der Waals surface area contributed by atoms with Crippen molar-refractivity contribution >= 4 is 17.5 Å². The van der Waals surface area contributed by atoms with Crippen molar-refractivity contribution in [3.8, 4) is 5.75 Å². The minimum absolute atomic E-state index is 0.0222. The molecule has 2 amide bonds. The van der Waals surface area contributed by atoms with Crippen LogP contribution < -0.4 is 15.4 Å². The minimum atomic E-state index is -0.410. The number of amides is 2. The molecule has 0 radical (unpaired) electrons. The van der Waals surface area contributed by atoms with Crippen LogP contribution in [0.25, 0.3) is 0 Å². The summed E-state index contributed by atoms with van der Waals surface area (Å²) in [5.41, 5.74) is 1.62. The maximum absolute atomic E-state index is 13.4. The second kappa shape index (κ2) is 11.1. The number of anilines is 1. The van der Waals surface area contributed by atoms with Gasteiger partial charge in [0.15, 0.2) is 11.6 Å². The van der Waals surface area contributed by atoms with E-state index < -0.39 is 5.82 Å². The molecule has 0 aliphatic heterocycles. The molecule has 0 heterocycles. The highest BCUT2D eigenvalue weighted by Crippen LogP contribution is 2.16. The third-order valence-electron chi connectivity index (χ3n) is 3.94. The van der Waals surface area contributed by atoms with Gasteiger partial charge >= 0.3 is 0 Å². The van der Waals surface area contributed by atoms with Gasteiger partial charge in [0.05, 0.1) is 6.61 Å². The predicted octanol–water partition coefficient (Wildman–Crippen LogP) is 4.29. The van der Waals surface area contributed by atoms with Crippen molar-refractivity contribution in [2.24, 2.45) is 5.92 Å². The lowest BCUT2D eigenvalue weighted by molar-refractivity contribution is -0.121. The van der Waals surface area contributed by atoms with Gasteiger partial charge < -0.3 is 15.4 Å². The first-order chi connectivity index (χ1) is 13.4. The van der Waals surface area contributed by atoms with Gasteiger partial charge in [0.25, 0.3) is 0 Å². The van der Waals surface area contributed by atoms with E-state index >= 15 is 0 Å². The summed E-state index contributed by atoms with van der Waals surface area (Å²) in [6.45, 7) is 4.63. The van der Waals surface area contributed by atoms with Gasteiger partial charge in [-0.25, -0.2) is 4.39 Å². The summed E-state index contributed by atoms with van der Waals surface area (Å²) < 4.78 is 18.8. The average molecular weight is 386 g/mol. The molecule has 0 saturated heterocycles. The van der Waals surface area contributed by atoms with E-state index in [1.165, 1.54) is 6.07 Å². The minimum Gasteiger partial charge on any atom is -0.491 e. The zero-order valence-corrected chi connectivity index (χ0v) is 16.3. The Bertz CT molecular complexity index is 793. The number of hydrogen-bond donors (Lipinski definition) is 2. The standard InChI is InChI=1S/C22H27FN2O3/c1-16(2)13-22(27)25-18-8-5-7-17(14-18)15-24-21(26)11-6-12-28-20-10-4-3-9-19(20)23/h3-5,7-10,14,16H,6,11-13,15H2,1-2H3,(H,24,26)(H,25,27). The van der Waals surface area contributed by atoms with Crippen molar-refractivity contribution in [1.29, 1.82) is 0 Å². The van der Waals surface area contributed by atoms with Crippen molar-refractivity contribution in [2.75, 3.05) is 11.9 Å². The lowest BCUT2D eigenvalue weighted by Crippen LogP contribution is -2.23. The van der Waals surface area contributed by atoms with Gasteiger partial charge in [0.2, 0.25) is 11.8 Å². The number of carbonyl (C=O) groups excluding carboxylic acids is 2. The predicted molar refractivity (Wildman–Crippen MR) is 108 cm³/mol. The molecule has 28 heavy (non-hydrogen) atoms. The molecule has 0 aliphatic rings. The van der Waals surface area contributed by atoms with E-state index in [9.17, 15) is 14.0 Å². The van der Waals surface area contributed by atoms with E-state index in [-0.39, 0.29) is 24.2 Å². The molecule has 2 rings (SSSR count). The van der Waals surface area contributed by atoms with Crippen LogP contribution in [0.2, 0.25) is 0 Å². The SMILES string of the molecule is CC(C)CC(=O)Nc1cccc(CNC(=O)CCCOc2ccccc2F)c1. The van der Waals surface area contributed by atoms with Crippen LogP contribution in [-0.4, -0.2) is 18.4 Å². The highest BCUT2D eigenvalue weighted by Gasteiger charge is 2.07. The molecule has 6 heteroatoms. The number of hydrogen-bond acceptors (Lipinski definition) is 3. The fourth-order valence-electron chi connectivity index (χ4n) is 2.61. The topological polar surface area (TPSA) is 67.4 Å². The number of nitrogens with one attached hydrogen (secondary N) is 2. The summed E-state index contributed by atoms with van der Waals surface area (Å²) in [4.78, 5) is 23.8. The van der Waals surface area contributed by atoms with Gasteiger partial charge in [-0.05, 0) is 42.2 Å². The molecule has 2 aromatic rings. The summed E-state index contributed by atoms with van der Waals surface area (Å²) in [6, 6.07) is 13.6.